The van der Waals surface area contributed by atoms with Gasteiger partial charge >= 0.3 is 0 Å². The zero-order valence-corrected chi connectivity index (χ0v) is 16.3. The first-order valence-electron chi connectivity index (χ1n) is 9.93. The minimum Gasteiger partial charge on any atom is -0.491 e. The van der Waals surface area contributed by atoms with Crippen LogP contribution in [-0.4, -0.2) is 31.5 Å². The third kappa shape index (κ3) is 3.14. The predicted molar refractivity (Wildman–Crippen MR) is 118 cm³/mol. The number of rotatable bonds is 6. The lowest BCUT2D eigenvalue weighted by Crippen LogP contribution is -2.40. The van der Waals surface area contributed by atoms with E-state index in [2.05, 4.69) is 5.32 Å². The second-order valence-corrected chi connectivity index (χ2v) is 7.25. The Hall–Kier alpha value is -3.86. The van der Waals surface area contributed by atoms with Crippen LogP contribution >= 0.6 is 0 Å². The van der Waals surface area contributed by atoms with Gasteiger partial charge in [-0.05, 0) is 29.0 Å². The summed E-state index contributed by atoms with van der Waals surface area (Å²) in [5.41, 5.74) is 1.44. The van der Waals surface area contributed by atoms with Crippen molar-refractivity contribution in [1.29, 1.82) is 0 Å². The summed E-state index contributed by atoms with van der Waals surface area (Å²) in [6, 6.07) is 25.3. The molecule has 0 radical (unpaired) electrons. The lowest BCUT2D eigenvalue weighted by Gasteiger charge is -2.17. The Morgan fingerprint density at radius 2 is 1.60 bits per heavy atom. The Labute approximate surface area is 173 Å². The lowest BCUT2D eigenvalue weighted by atomic mass is 10.1. The van der Waals surface area contributed by atoms with Crippen molar-refractivity contribution in [3.8, 4) is 5.75 Å². The molecule has 0 saturated carbocycles. The molecule has 4 aromatic carbocycles. The van der Waals surface area contributed by atoms with Gasteiger partial charge in [-0.1, -0.05) is 60.7 Å². The van der Waals surface area contributed by atoms with Crippen LogP contribution in [0.15, 0.2) is 78.9 Å². The largest absolute Gasteiger partial charge is 0.491 e. The maximum atomic E-state index is 12.8. The number of fused-ring (bicyclic) bond motifs is 1. The SMILES string of the molecule is O=C(CN1C(=O)c2cccc3cccc1c23)NCCOc1cccc2ccccc12. The molecule has 5 rings (SSSR count). The van der Waals surface area contributed by atoms with Gasteiger partial charge in [-0.25, -0.2) is 0 Å². The van der Waals surface area contributed by atoms with Crippen molar-refractivity contribution < 1.29 is 14.3 Å². The number of carbonyl (C=O) groups excluding carboxylic acids is 2. The highest BCUT2D eigenvalue weighted by molar-refractivity contribution is 6.26. The molecule has 0 unspecified atom stereocenters. The Morgan fingerprint density at radius 3 is 2.50 bits per heavy atom. The number of benzene rings is 4. The molecule has 30 heavy (non-hydrogen) atoms. The molecule has 0 fully saturated rings. The fourth-order valence-electron chi connectivity index (χ4n) is 4.01. The van der Waals surface area contributed by atoms with E-state index in [0.29, 0.717) is 18.7 Å². The van der Waals surface area contributed by atoms with E-state index in [-0.39, 0.29) is 18.4 Å². The summed E-state index contributed by atoms with van der Waals surface area (Å²) < 4.78 is 5.86. The van der Waals surface area contributed by atoms with Gasteiger partial charge in [0, 0.05) is 16.3 Å². The monoisotopic (exact) mass is 396 g/mol. The van der Waals surface area contributed by atoms with E-state index in [1.807, 2.05) is 78.9 Å². The molecule has 2 amide bonds. The van der Waals surface area contributed by atoms with Gasteiger partial charge in [0.1, 0.15) is 18.9 Å². The lowest BCUT2D eigenvalue weighted by molar-refractivity contribution is -0.119. The standard InChI is InChI=1S/C25H20N2O3/c28-23(26-14-15-30-22-13-5-7-17-6-1-2-10-19(17)22)16-27-21-12-4-9-18-8-3-11-20(24(18)21)25(27)29/h1-13H,14-16H2,(H,26,28). The highest BCUT2D eigenvalue weighted by Crippen LogP contribution is 2.36. The molecule has 5 heteroatoms. The number of ether oxygens (including phenoxy) is 1. The molecule has 1 aliphatic rings. The highest BCUT2D eigenvalue weighted by Gasteiger charge is 2.30. The molecule has 148 valence electrons. The minimum atomic E-state index is -0.213. The van der Waals surface area contributed by atoms with Crippen molar-refractivity contribution in [3.63, 3.8) is 0 Å². The summed E-state index contributed by atoms with van der Waals surface area (Å²) in [5.74, 6) is 0.442. The van der Waals surface area contributed by atoms with Gasteiger partial charge in [0.2, 0.25) is 5.91 Å². The number of hydrogen-bond donors (Lipinski definition) is 1. The number of nitrogens with one attached hydrogen (secondary N) is 1. The fourth-order valence-corrected chi connectivity index (χ4v) is 4.01. The normalized spacial score (nSPS) is 12.5. The quantitative estimate of drug-likeness (QED) is 0.498. The van der Waals surface area contributed by atoms with Crippen molar-refractivity contribution in [2.24, 2.45) is 0 Å². The Morgan fingerprint density at radius 1 is 0.867 bits per heavy atom. The molecule has 5 nitrogen and oxygen atoms in total. The van der Waals surface area contributed by atoms with Gasteiger partial charge in [0.05, 0.1) is 12.2 Å². The number of amides is 2. The molecule has 0 aromatic heterocycles. The van der Waals surface area contributed by atoms with Gasteiger partial charge in [0.15, 0.2) is 0 Å². The first-order valence-corrected chi connectivity index (χ1v) is 9.93. The van der Waals surface area contributed by atoms with Crippen molar-refractivity contribution in [3.05, 3.63) is 84.4 Å². The topological polar surface area (TPSA) is 58.6 Å². The van der Waals surface area contributed by atoms with Crippen LogP contribution in [-0.2, 0) is 4.79 Å². The Bertz CT molecular complexity index is 1270. The zero-order chi connectivity index (χ0) is 20.5. The van der Waals surface area contributed by atoms with Crippen LogP contribution < -0.4 is 15.0 Å². The molecule has 0 bridgehead atoms. The third-order valence-corrected chi connectivity index (χ3v) is 5.38. The number of nitrogens with zero attached hydrogens (tertiary/aromatic N) is 1. The van der Waals surface area contributed by atoms with Crippen LogP contribution in [0.5, 0.6) is 5.75 Å². The van der Waals surface area contributed by atoms with E-state index >= 15 is 0 Å². The van der Waals surface area contributed by atoms with Crippen LogP contribution in [0.3, 0.4) is 0 Å². The molecule has 4 aromatic rings. The number of anilines is 1. The van der Waals surface area contributed by atoms with E-state index in [9.17, 15) is 9.59 Å². The second-order valence-electron chi connectivity index (χ2n) is 7.25. The van der Waals surface area contributed by atoms with E-state index in [4.69, 9.17) is 4.74 Å². The molecule has 0 saturated heterocycles. The first kappa shape index (κ1) is 18.2. The summed E-state index contributed by atoms with van der Waals surface area (Å²) >= 11 is 0. The molecular formula is C25H20N2O3. The molecule has 1 aliphatic heterocycles. The van der Waals surface area contributed by atoms with Crippen LogP contribution in [0.2, 0.25) is 0 Å². The van der Waals surface area contributed by atoms with Crippen molar-refractivity contribution in [1.82, 2.24) is 5.32 Å². The van der Waals surface area contributed by atoms with Crippen molar-refractivity contribution in [2.75, 3.05) is 24.6 Å². The molecule has 0 spiro atoms. The van der Waals surface area contributed by atoms with Crippen LogP contribution in [0.4, 0.5) is 5.69 Å². The number of hydrogen-bond acceptors (Lipinski definition) is 3. The van der Waals surface area contributed by atoms with E-state index in [1.165, 1.54) is 0 Å². The van der Waals surface area contributed by atoms with E-state index in [1.54, 1.807) is 4.90 Å². The smallest absolute Gasteiger partial charge is 0.259 e. The van der Waals surface area contributed by atoms with Crippen LogP contribution in [0.25, 0.3) is 21.5 Å². The van der Waals surface area contributed by atoms with Crippen molar-refractivity contribution in [2.45, 2.75) is 0 Å². The van der Waals surface area contributed by atoms with Crippen molar-refractivity contribution >= 4 is 39.0 Å². The van der Waals surface area contributed by atoms with Crippen LogP contribution in [0, 0.1) is 0 Å². The summed E-state index contributed by atoms with van der Waals surface area (Å²) in [6.45, 7) is 0.700. The fraction of sp³-hybridized carbons (Fsp3) is 0.120. The molecule has 0 atom stereocenters. The van der Waals surface area contributed by atoms with Crippen LogP contribution in [0.1, 0.15) is 10.4 Å². The number of carbonyl (C=O) groups is 2. The van der Waals surface area contributed by atoms with Gasteiger partial charge in [0.25, 0.3) is 5.91 Å². The summed E-state index contributed by atoms with van der Waals surface area (Å²) in [5, 5.41) is 6.92. The first-order chi connectivity index (χ1) is 14.7. The molecule has 1 N–H and O–H groups in total. The van der Waals surface area contributed by atoms with Gasteiger partial charge in [-0.2, -0.15) is 0 Å². The summed E-state index contributed by atoms with van der Waals surface area (Å²) in [6.07, 6.45) is 0. The van der Waals surface area contributed by atoms with Gasteiger partial charge in [-0.15, -0.1) is 0 Å². The highest BCUT2D eigenvalue weighted by atomic mass is 16.5. The maximum Gasteiger partial charge on any atom is 0.259 e. The van der Waals surface area contributed by atoms with Gasteiger partial charge in [-0.3, -0.25) is 14.5 Å². The average molecular weight is 396 g/mol. The second kappa shape index (κ2) is 7.52. The summed E-state index contributed by atoms with van der Waals surface area (Å²) in [7, 11) is 0. The summed E-state index contributed by atoms with van der Waals surface area (Å²) in [4.78, 5) is 26.8. The Balaban J connectivity index is 1.20. The molecule has 1 heterocycles. The van der Waals surface area contributed by atoms with Gasteiger partial charge < -0.3 is 10.1 Å². The zero-order valence-electron chi connectivity index (χ0n) is 16.3. The predicted octanol–water partition coefficient (Wildman–Crippen LogP) is 4.15. The van der Waals surface area contributed by atoms with E-state index in [0.717, 1.165) is 33.0 Å². The molecular weight excluding hydrogens is 376 g/mol. The Kier molecular flexibility index (Phi) is 4.56. The average Bonchev–Trinajstić information content (AvgIpc) is 3.05. The maximum absolute atomic E-state index is 12.8. The molecule has 0 aliphatic carbocycles. The minimum absolute atomic E-state index is 0.0130. The third-order valence-electron chi connectivity index (χ3n) is 5.38. The van der Waals surface area contributed by atoms with E-state index < -0.39 is 0 Å².